The van der Waals surface area contributed by atoms with E-state index in [1.54, 1.807) is 6.08 Å². The summed E-state index contributed by atoms with van der Waals surface area (Å²) in [5.41, 5.74) is 2.25. The summed E-state index contributed by atoms with van der Waals surface area (Å²) in [5.74, 6) is 0.104. The van der Waals surface area contributed by atoms with Crippen molar-refractivity contribution in [2.75, 3.05) is 0 Å². The van der Waals surface area contributed by atoms with E-state index in [9.17, 15) is 9.59 Å². The van der Waals surface area contributed by atoms with Crippen LogP contribution in [0.1, 0.15) is 49.7 Å². The van der Waals surface area contributed by atoms with Gasteiger partial charge in [-0.1, -0.05) is 48.1 Å². The van der Waals surface area contributed by atoms with E-state index in [4.69, 9.17) is 9.84 Å². The zero-order chi connectivity index (χ0) is 19.9. The quantitative estimate of drug-likeness (QED) is 0.363. The number of carboxylic acids is 1. The van der Waals surface area contributed by atoms with Crippen LogP contribution in [-0.4, -0.2) is 29.1 Å². The molecule has 0 aromatic heterocycles. The molecule has 2 saturated heterocycles. The number of carboxylic acid groups (broad SMARTS) is 1. The van der Waals surface area contributed by atoms with E-state index in [1.165, 1.54) is 5.56 Å². The molecule has 2 fully saturated rings. The van der Waals surface area contributed by atoms with Gasteiger partial charge in [0.1, 0.15) is 0 Å². The predicted molar refractivity (Wildman–Crippen MR) is 109 cm³/mol. The maximum atomic E-state index is 12.4. The van der Waals surface area contributed by atoms with E-state index in [1.807, 2.05) is 31.2 Å². The molecule has 4 nitrogen and oxygen atoms in total. The number of unbranched alkanes of at least 4 members (excludes halogenated alkanes) is 1. The SMILES string of the molecule is Cc1ccc(CC(=O)C=C[C@@H]2[C@@H](CC=CCCCC(=O)O)[C@H]3CC[C@@H]2O3)cc1. The van der Waals surface area contributed by atoms with Crippen LogP contribution in [0.4, 0.5) is 0 Å². The highest BCUT2D eigenvalue weighted by atomic mass is 16.5. The van der Waals surface area contributed by atoms with Gasteiger partial charge in [0.05, 0.1) is 12.2 Å². The van der Waals surface area contributed by atoms with Crippen molar-refractivity contribution in [3.05, 3.63) is 59.7 Å². The number of ether oxygens (including phenoxy) is 1. The number of rotatable bonds is 10. The molecule has 3 rings (SSSR count). The van der Waals surface area contributed by atoms with Crippen molar-refractivity contribution in [2.24, 2.45) is 11.8 Å². The standard InChI is InChI=1S/C24H30O4/c1-17-8-10-18(11-9-17)16-19(25)12-13-21-20(22-14-15-23(21)28-22)6-4-2-3-5-7-24(26)27/h2,4,8-13,20-23H,3,5-7,14-16H2,1H3,(H,26,27)/t20-,21-,22-,23+/m1/s1. The number of ketones is 1. The topological polar surface area (TPSA) is 63.6 Å². The van der Waals surface area contributed by atoms with Crippen LogP contribution in [-0.2, 0) is 20.7 Å². The van der Waals surface area contributed by atoms with Crippen molar-refractivity contribution in [3.63, 3.8) is 0 Å². The van der Waals surface area contributed by atoms with Gasteiger partial charge in [-0.15, -0.1) is 0 Å². The minimum Gasteiger partial charge on any atom is -0.481 e. The Morgan fingerprint density at radius 1 is 1.14 bits per heavy atom. The molecule has 4 heteroatoms. The van der Waals surface area contributed by atoms with Gasteiger partial charge < -0.3 is 9.84 Å². The average Bonchev–Trinajstić information content (AvgIpc) is 3.26. The monoisotopic (exact) mass is 382 g/mol. The van der Waals surface area contributed by atoms with E-state index in [-0.39, 0.29) is 24.4 Å². The molecule has 0 spiro atoms. The van der Waals surface area contributed by atoms with Crippen LogP contribution in [0, 0.1) is 18.8 Å². The molecule has 2 heterocycles. The first kappa shape index (κ1) is 20.5. The number of aryl methyl sites for hydroxylation is 1. The fourth-order valence-corrected chi connectivity index (χ4v) is 4.31. The molecule has 28 heavy (non-hydrogen) atoms. The zero-order valence-corrected chi connectivity index (χ0v) is 16.5. The summed E-state index contributed by atoms with van der Waals surface area (Å²) in [4.78, 5) is 22.9. The highest BCUT2D eigenvalue weighted by molar-refractivity contribution is 5.91. The van der Waals surface area contributed by atoms with Crippen molar-refractivity contribution in [1.82, 2.24) is 0 Å². The van der Waals surface area contributed by atoms with Gasteiger partial charge >= 0.3 is 5.97 Å². The Morgan fingerprint density at radius 2 is 1.89 bits per heavy atom. The predicted octanol–water partition coefficient (Wildman–Crippen LogP) is 4.66. The lowest BCUT2D eigenvalue weighted by Gasteiger charge is -2.24. The molecule has 1 aromatic rings. The normalized spacial score (nSPS) is 26.5. The Labute approximate surface area is 167 Å². The second kappa shape index (κ2) is 9.83. The van der Waals surface area contributed by atoms with Gasteiger partial charge in [0, 0.05) is 18.8 Å². The molecule has 0 saturated carbocycles. The maximum Gasteiger partial charge on any atom is 0.303 e. The van der Waals surface area contributed by atoms with Crippen LogP contribution in [0.2, 0.25) is 0 Å². The lowest BCUT2D eigenvalue weighted by molar-refractivity contribution is -0.137. The highest BCUT2D eigenvalue weighted by Crippen LogP contribution is 2.45. The van der Waals surface area contributed by atoms with E-state index in [2.05, 4.69) is 18.2 Å². The number of aliphatic carboxylic acids is 1. The number of carbonyl (C=O) groups excluding carboxylic acids is 1. The molecule has 0 aliphatic carbocycles. The Bertz CT molecular complexity index is 731. The minimum absolute atomic E-state index is 0.134. The lowest BCUT2D eigenvalue weighted by Crippen LogP contribution is -2.25. The smallest absolute Gasteiger partial charge is 0.303 e. The number of fused-ring (bicyclic) bond motifs is 2. The van der Waals surface area contributed by atoms with Gasteiger partial charge in [-0.2, -0.15) is 0 Å². The van der Waals surface area contributed by atoms with Crippen molar-refractivity contribution in [2.45, 2.75) is 64.1 Å². The van der Waals surface area contributed by atoms with Gasteiger partial charge in [0.25, 0.3) is 0 Å². The summed E-state index contributed by atoms with van der Waals surface area (Å²) < 4.78 is 6.10. The van der Waals surface area contributed by atoms with E-state index < -0.39 is 5.97 Å². The van der Waals surface area contributed by atoms with Crippen molar-refractivity contribution in [1.29, 1.82) is 0 Å². The largest absolute Gasteiger partial charge is 0.481 e. The molecular formula is C24H30O4. The first-order chi connectivity index (χ1) is 13.5. The van der Waals surface area contributed by atoms with Crippen molar-refractivity contribution in [3.8, 4) is 0 Å². The third-order valence-corrected chi connectivity index (χ3v) is 5.83. The molecule has 0 radical (unpaired) electrons. The molecule has 1 aromatic carbocycles. The summed E-state index contributed by atoms with van der Waals surface area (Å²) in [6, 6.07) is 8.10. The Hall–Kier alpha value is -2.20. The van der Waals surface area contributed by atoms with Gasteiger partial charge in [0.15, 0.2) is 5.78 Å². The Kier molecular flexibility index (Phi) is 7.21. The molecular weight excluding hydrogens is 352 g/mol. The number of allylic oxidation sites excluding steroid dienone is 3. The maximum absolute atomic E-state index is 12.4. The minimum atomic E-state index is -0.740. The third kappa shape index (κ3) is 5.65. The van der Waals surface area contributed by atoms with E-state index in [0.717, 1.165) is 31.2 Å². The zero-order valence-electron chi connectivity index (χ0n) is 16.5. The molecule has 1 N–H and O–H groups in total. The van der Waals surface area contributed by atoms with Crippen LogP contribution < -0.4 is 0 Å². The van der Waals surface area contributed by atoms with Crippen LogP contribution in [0.3, 0.4) is 0 Å². The van der Waals surface area contributed by atoms with E-state index in [0.29, 0.717) is 24.7 Å². The molecule has 2 bridgehead atoms. The summed E-state index contributed by atoms with van der Waals surface area (Å²) in [6.07, 6.45) is 13.8. The number of hydrogen-bond donors (Lipinski definition) is 1. The van der Waals surface area contributed by atoms with Gasteiger partial charge in [-0.05, 0) is 56.6 Å². The highest BCUT2D eigenvalue weighted by Gasteiger charge is 2.46. The Balaban J connectivity index is 1.51. The van der Waals surface area contributed by atoms with E-state index >= 15 is 0 Å². The van der Waals surface area contributed by atoms with Crippen molar-refractivity contribution < 1.29 is 19.4 Å². The van der Waals surface area contributed by atoms with Crippen LogP contribution in [0.15, 0.2) is 48.6 Å². The molecule has 0 amide bonds. The van der Waals surface area contributed by atoms with Crippen LogP contribution >= 0.6 is 0 Å². The Morgan fingerprint density at radius 3 is 2.64 bits per heavy atom. The summed E-state index contributed by atoms with van der Waals surface area (Å²) >= 11 is 0. The van der Waals surface area contributed by atoms with Crippen LogP contribution in [0.5, 0.6) is 0 Å². The summed E-state index contributed by atoms with van der Waals surface area (Å²) in [5, 5.41) is 8.68. The molecule has 150 valence electrons. The van der Waals surface area contributed by atoms with Gasteiger partial charge in [0.2, 0.25) is 0 Å². The fraction of sp³-hybridized carbons (Fsp3) is 0.500. The first-order valence-corrected chi connectivity index (χ1v) is 10.3. The first-order valence-electron chi connectivity index (χ1n) is 10.3. The third-order valence-electron chi connectivity index (χ3n) is 5.83. The fourth-order valence-electron chi connectivity index (χ4n) is 4.31. The summed E-state index contributed by atoms with van der Waals surface area (Å²) in [7, 11) is 0. The second-order valence-electron chi connectivity index (χ2n) is 8.01. The molecule has 2 aliphatic rings. The summed E-state index contributed by atoms with van der Waals surface area (Å²) in [6.45, 7) is 2.04. The molecule has 0 unspecified atom stereocenters. The van der Waals surface area contributed by atoms with Crippen molar-refractivity contribution >= 4 is 11.8 Å². The van der Waals surface area contributed by atoms with Gasteiger partial charge in [-0.3, -0.25) is 9.59 Å². The molecule has 2 aliphatic heterocycles. The van der Waals surface area contributed by atoms with Gasteiger partial charge in [-0.25, -0.2) is 0 Å². The number of benzene rings is 1. The lowest BCUT2D eigenvalue weighted by atomic mass is 9.77. The average molecular weight is 383 g/mol. The second-order valence-corrected chi connectivity index (χ2v) is 8.01. The van der Waals surface area contributed by atoms with Crippen LogP contribution in [0.25, 0.3) is 0 Å². The number of hydrogen-bond acceptors (Lipinski definition) is 3. The molecule has 4 atom stereocenters. The number of carbonyl (C=O) groups is 2.